The summed E-state index contributed by atoms with van der Waals surface area (Å²) in [5.74, 6) is -1.63. The zero-order valence-electron chi connectivity index (χ0n) is 15.5. The highest BCUT2D eigenvalue weighted by molar-refractivity contribution is 7.89. The first-order valence-corrected chi connectivity index (χ1v) is 11.0. The minimum Gasteiger partial charge on any atom is -0.322 e. The first-order chi connectivity index (χ1) is 13.2. The largest absolute Gasteiger partial charge is 0.322 e. The van der Waals surface area contributed by atoms with Gasteiger partial charge in [0, 0.05) is 28.8 Å². The number of amides is 1. The Morgan fingerprint density at radius 3 is 2.14 bits per heavy atom. The van der Waals surface area contributed by atoms with Gasteiger partial charge in [0.25, 0.3) is 5.91 Å². The number of rotatable bonds is 8. The van der Waals surface area contributed by atoms with Gasteiger partial charge in [-0.25, -0.2) is 12.8 Å². The Labute approximate surface area is 174 Å². The number of carbonyl (C=O) groups is 1. The van der Waals surface area contributed by atoms with Crippen molar-refractivity contribution in [1.82, 2.24) is 4.31 Å². The van der Waals surface area contributed by atoms with E-state index in [1.165, 1.54) is 22.5 Å². The number of benzene rings is 2. The SMILES string of the molecule is CCCN(CCC)S(=O)(=O)c1ccc(F)c(C(=O)Nc2cc(Cl)cc(Cl)c2)c1. The molecule has 5 nitrogen and oxygen atoms in total. The molecule has 0 aliphatic rings. The summed E-state index contributed by atoms with van der Waals surface area (Å²) in [6.45, 7) is 4.43. The van der Waals surface area contributed by atoms with Crippen LogP contribution in [0.2, 0.25) is 10.0 Å². The number of halogens is 3. The van der Waals surface area contributed by atoms with Crippen LogP contribution in [0.3, 0.4) is 0 Å². The second-order valence-electron chi connectivity index (χ2n) is 6.16. The number of hydrogen-bond acceptors (Lipinski definition) is 3. The summed E-state index contributed by atoms with van der Waals surface area (Å²) in [6, 6.07) is 7.58. The summed E-state index contributed by atoms with van der Waals surface area (Å²) in [5.41, 5.74) is -0.112. The van der Waals surface area contributed by atoms with Gasteiger partial charge in [-0.1, -0.05) is 37.0 Å². The number of nitrogens with one attached hydrogen (secondary N) is 1. The van der Waals surface area contributed by atoms with Gasteiger partial charge < -0.3 is 5.32 Å². The lowest BCUT2D eigenvalue weighted by Gasteiger charge is -2.21. The smallest absolute Gasteiger partial charge is 0.258 e. The number of nitrogens with zero attached hydrogens (tertiary/aromatic N) is 1. The molecule has 0 aromatic heterocycles. The van der Waals surface area contributed by atoms with Gasteiger partial charge in [0.2, 0.25) is 10.0 Å². The third-order valence-electron chi connectivity index (χ3n) is 3.89. The average Bonchev–Trinajstić information content (AvgIpc) is 2.60. The van der Waals surface area contributed by atoms with Crippen LogP contribution in [0.25, 0.3) is 0 Å². The molecule has 1 N–H and O–H groups in total. The summed E-state index contributed by atoms with van der Waals surface area (Å²) < 4.78 is 41.3. The van der Waals surface area contributed by atoms with Crippen LogP contribution in [0, 0.1) is 5.82 Å². The minimum absolute atomic E-state index is 0.134. The molecule has 0 saturated carbocycles. The standard InChI is InChI=1S/C19H21Cl2FN2O3S/c1-3-7-24(8-4-2)28(26,27)16-5-6-18(22)17(12-16)19(25)23-15-10-13(20)9-14(21)11-15/h5-6,9-12H,3-4,7-8H2,1-2H3,(H,23,25). The van der Waals surface area contributed by atoms with Crippen molar-refractivity contribution in [2.75, 3.05) is 18.4 Å². The maximum Gasteiger partial charge on any atom is 0.258 e. The molecule has 0 radical (unpaired) electrons. The van der Waals surface area contributed by atoms with E-state index < -0.39 is 21.7 Å². The first kappa shape index (κ1) is 22.6. The molecule has 28 heavy (non-hydrogen) atoms. The van der Waals surface area contributed by atoms with E-state index in [0.717, 1.165) is 18.2 Å². The third-order valence-corrected chi connectivity index (χ3v) is 6.22. The van der Waals surface area contributed by atoms with Crippen LogP contribution in [0.1, 0.15) is 37.0 Å². The highest BCUT2D eigenvalue weighted by atomic mass is 35.5. The van der Waals surface area contributed by atoms with Crippen molar-refractivity contribution in [3.05, 3.63) is 57.8 Å². The lowest BCUT2D eigenvalue weighted by molar-refractivity contribution is 0.102. The summed E-state index contributed by atoms with van der Waals surface area (Å²) in [7, 11) is -3.84. The molecular weight excluding hydrogens is 426 g/mol. The molecule has 0 fully saturated rings. The first-order valence-electron chi connectivity index (χ1n) is 8.76. The van der Waals surface area contributed by atoms with Crippen molar-refractivity contribution in [2.24, 2.45) is 0 Å². The van der Waals surface area contributed by atoms with Crippen LogP contribution in [0.4, 0.5) is 10.1 Å². The van der Waals surface area contributed by atoms with E-state index in [-0.39, 0.29) is 16.1 Å². The Hall–Kier alpha value is -1.67. The molecule has 9 heteroatoms. The van der Waals surface area contributed by atoms with Crippen molar-refractivity contribution < 1.29 is 17.6 Å². The fourth-order valence-electron chi connectivity index (χ4n) is 2.66. The number of carbonyl (C=O) groups excluding carboxylic acids is 1. The van der Waals surface area contributed by atoms with Gasteiger partial charge in [-0.3, -0.25) is 4.79 Å². The number of anilines is 1. The van der Waals surface area contributed by atoms with E-state index in [4.69, 9.17) is 23.2 Å². The van der Waals surface area contributed by atoms with E-state index in [9.17, 15) is 17.6 Å². The molecule has 0 spiro atoms. The molecule has 0 unspecified atom stereocenters. The zero-order chi connectivity index (χ0) is 20.9. The Bertz CT molecular complexity index is 941. The average molecular weight is 447 g/mol. The fourth-order valence-corrected chi connectivity index (χ4v) is 4.84. The fraction of sp³-hybridized carbons (Fsp3) is 0.316. The lowest BCUT2D eigenvalue weighted by atomic mass is 10.2. The molecule has 0 aliphatic heterocycles. The highest BCUT2D eigenvalue weighted by Gasteiger charge is 2.25. The molecule has 152 valence electrons. The maximum atomic E-state index is 14.2. The van der Waals surface area contributed by atoms with E-state index in [2.05, 4.69) is 5.32 Å². The molecule has 2 aromatic rings. The molecule has 1 amide bonds. The quantitative estimate of drug-likeness (QED) is 0.605. The van der Waals surface area contributed by atoms with Gasteiger partial charge in [-0.2, -0.15) is 4.31 Å². The monoisotopic (exact) mass is 446 g/mol. The Morgan fingerprint density at radius 2 is 1.61 bits per heavy atom. The molecular formula is C19H21Cl2FN2O3S. The highest BCUT2D eigenvalue weighted by Crippen LogP contribution is 2.24. The summed E-state index contributed by atoms with van der Waals surface area (Å²) in [5, 5.41) is 3.08. The van der Waals surface area contributed by atoms with Crippen LogP contribution in [0.5, 0.6) is 0 Å². The summed E-state index contributed by atoms with van der Waals surface area (Å²) in [6.07, 6.45) is 1.28. The molecule has 0 bridgehead atoms. The van der Waals surface area contributed by atoms with Gasteiger partial charge in [-0.05, 0) is 49.2 Å². The topological polar surface area (TPSA) is 66.5 Å². The third kappa shape index (κ3) is 5.44. The van der Waals surface area contributed by atoms with E-state index >= 15 is 0 Å². The van der Waals surface area contributed by atoms with Gasteiger partial charge in [-0.15, -0.1) is 0 Å². The Morgan fingerprint density at radius 1 is 1.04 bits per heavy atom. The zero-order valence-corrected chi connectivity index (χ0v) is 17.8. The van der Waals surface area contributed by atoms with Gasteiger partial charge >= 0.3 is 0 Å². The van der Waals surface area contributed by atoms with Crippen LogP contribution in [0.15, 0.2) is 41.3 Å². The molecule has 0 atom stereocenters. The second-order valence-corrected chi connectivity index (χ2v) is 8.97. The van der Waals surface area contributed by atoms with Crippen molar-refractivity contribution >= 4 is 44.8 Å². The van der Waals surface area contributed by atoms with Crippen molar-refractivity contribution in [3.63, 3.8) is 0 Å². The van der Waals surface area contributed by atoms with Crippen LogP contribution in [-0.2, 0) is 10.0 Å². The molecule has 0 heterocycles. The normalized spacial score (nSPS) is 11.6. The number of hydrogen-bond donors (Lipinski definition) is 1. The summed E-state index contributed by atoms with van der Waals surface area (Å²) >= 11 is 11.8. The van der Waals surface area contributed by atoms with Crippen LogP contribution < -0.4 is 5.32 Å². The van der Waals surface area contributed by atoms with Crippen molar-refractivity contribution in [1.29, 1.82) is 0 Å². The molecule has 0 saturated heterocycles. The second kappa shape index (κ2) is 9.69. The van der Waals surface area contributed by atoms with E-state index in [0.29, 0.717) is 36.0 Å². The van der Waals surface area contributed by atoms with E-state index in [1.54, 1.807) is 0 Å². The van der Waals surface area contributed by atoms with Crippen molar-refractivity contribution in [3.8, 4) is 0 Å². The minimum atomic E-state index is -3.84. The molecule has 0 aliphatic carbocycles. The Kier molecular flexibility index (Phi) is 7.83. The summed E-state index contributed by atoms with van der Waals surface area (Å²) in [4.78, 5) is 12.4. The number of sulfonamides is 1. The van der Waals surface area contributed by atoms with Crippen LogP contribution >= 0.6 is 23.2 Å². The van der Waals surface area contributed by atoms with Gasteiger partial charge in [0.05, 0.1) is 10.5 Å². The predicted octanol–water partition coefficient (Wildman–Crippen LogP) is 5.20. The van der Waals surface area contributed by atoms with Crippen LogP contribution in [-0.4, -0.2) is 31.7 Å². The van der Waals surface area contributed by atoms with Gasteiger partial charge in [0.1, 0.15) is 5.82 Å². The molecule has 2 rings (SSSR count). The van der Waals surface area contributed by atoms with Gasteiger partial charge in [0.15, 0.2) is 0 Å². The van der Waals surface area contributed by atoms with E-state index in [1.807, 2.05) is 13.8 Å². The Balaban J connectivity index is 2.37. The molecule has 2 aromatic carbocycles. The van der Waals surface area contributed by atoms with Crippen molar-refractivity contribution in [2.45, 2.75) is 31.6 Å². The maximum absolute atomic E-state index is 14.2. The predicted molar refractivity (Wildman–Crippen MR) is 110 cm³/mol. The lowest BCUT2D eigenvalue weighted by Crippen LogP contribution is -2.32.